The van der Waals surface area contributed by atoms with E-state index in [1.165, 1.54) is 30.4 Å². The summed E-state index contributed by atoms with van der Waals surface area (Å²) in [6, 6.07) is 4.00. The molecule has 0 aromatic heterocycles. The van der Waals surface area contributed by atoms with E-state index in [1.54, 1.807) is 0 Å². The molecular formula is C12H14FNO2. The quantitative estimate of drug-likeness (QED) is 0.771. The Morgan fingerprint density at radius 3 is 2.75 bits per heavy atom. The zero-order valence-corrected chi connectivity index (χ0v) is 9.20. The van der Waals surface area contributed by atoms with Gasteiger partial charge in [0.25, 0.3) is 0 Å². The number of carbonyl (C=O) groups is 1. The molecule has 3 nitrogen and oxygen atoms in total. The van der Waals surface area contributed by atoms with Crippen LogP contribution in [0.4, 0.5) is 4.39 Å². The molecule has 0 fully saturated rings. The highest BCUT2D eigenvalue weighted by Crippen LogP contribution is 2.20. The maximum absolute atomic E-state index is 13.2. The van der Waals surface area contributed by atoms with Gasteiger partial charge in [-0.3, -0.25) is 4.79 Å². The molecule has 1 aromatic rings. The van der Waals surface area contributed by atoms with Crippen LogP contribution in [0.5, 0.6) is 5.75 Å². The molecule has 0 aliphatic heterocycles. The van der Waals surface area contributed by atoms with Gasteiger partial charge in [-0.05, 0) is 32.1 Å². The zero-order chi connectivity index (χ0) is 12.1. The Hall–Kier alpha value is -1.84. The van der Waals surface area contributed by atoms with Crippen LogP contribution in [0.15, 0.2) is 24.3 Å². The van der Waals surface area contributed by atoms with Crippen LogP contribution in [0.2, 0.25) is 0 Å². The summed E-state index contributed by atoms with van der Waals surface area (Å²) in [4.78, 5) is 11.2. The Bertz CT molecular complexity index is 393. The Kier molecular flexibility index (Phi) is 4.05. The van der Waals surface area contributed by atoms with Crippen molar-refractivity contribution in [1.82, 2.24) is 5.32 Å². The molecule has 4 heteroatoms. The molecule has 0 unspecified atom stereocenters. The number of rotatable bonds is 3. The summed E-state index contributed by atoms with van der Waals surface area (Å²) in [5.41, 5.74) is 0.0152. The number of carbonyl (C=O) groups excluding carboxylic acids is 1. The van der Waals surface area contributed by atoms with Crippen molar-refractivity contribution in [2.24, 2.45) is 0 Å². The van der Waals surface area contributed by atoms with Crippen LogP contribution in [0.3, 0.4) is 0 Å². The summed E-state index contributed by atoms with van der Waals surface area (Å²) >= 11 is 0. The topological polar surface area (TPSA) is 49.3 Å². The van der Waals surface area contributed by atoms with E-state index in [1.807, 2.05) is 13.8 Å². The molecule has 0 heterocycles. The molecule has 0 atom stereocenters. The maximum Gasteiger partial charge on any atom is 0.244 e. The normalized spacial score (nSPS) is 11.0. The number of nitrogens with one attached hydrogen (secondary N) is 1. The summed E-state index contributed by atoms with van der Waals surface area (Å²) in [5, 5.41) is 12.0. The molecule has 0 saturated carbocycles. The van der Waals surface area contributed by atoms with E-state index in [0.717, 1.165) is 0 Å². The summed E-state index contributed by atoms with van der Waals surface area (Å²) in [6.45, 7) is 3.65. The van der Waals surface area contributed by atoms with E-state index in [2.05, 4.69) is 5.32 Å². The van der Waals surface area contributed by atoms with E-state index in [9.17, 15) is 14.3 Å². The number of amides is 1. The second-order valence-electron chi connectivity index (χ2n) is 3.67. The molecule has 0 saturated heterocycles. The minimum Gasteiger partial charge on any atom is -0.507 e. The van der Waals surface area contributed by atoms with E-state index < -0.39 is 5.82 Å². The van der Waals surface area contributed by atoms with Crippen LogP contribution < -0.4 is 5.32 Å². The first-order valence-corrected chi connectivity index (χ1v) is 4.96. The van der Waals surface area contributed by atoms with Crippen LogP contribution in [0.1, 0.15) is 19.4 Å². The highest BCUT2D eigenvalue weighted by atomic mass is 19.1. The average molecular weight is 223 g/mol. The highest BCUT2D eigenvalue weighted by molar-refractivity contribution is 5.92. The van der Waals surface area contributed by atoms with Gasteiger partial charge in [0.1, 0.15) is 11.6 Å². The number of hydrogen-bond acceptors (Lipinski definition) is 2. The SMILES string of the molecule is CC(C)NC(=O)/C=C/c1c(O)cccc1F. The minimum atomic E-state index is -0.561. The lowest BCUT2D eigenvalue weighted by atomic mass is 10.1. The lowest BCUT2D eigenvalue weighted by Gasteiger charge is -2.04. The summed E-state index contributed by atoms with van der Waals surface area (Å²) in [5.74, 6) is -1.07. The predicted molar refractivity (Wildman–Crippen MR) is 60.4 cm³/mol. The van der Waals surface area contributed by atoms with Crippen molar-refractivity contribution in [2.75, 3.05) is 0 Å². The molecule has 86 valence electrons. The van der Waals surface area contributed by atoms with Gasteiger partial charge >= 0.3 is 0 Å². The Labute approximate surface area is 93.6 Å². The number of phenolic OH excluding ortho intramolecular Hbond substituents is 1. The van der Waals surface area contributed by atoms with Gasteiger partial charge in [-0.1, -0.05) is 6.07 Å². The molecule has 0 bridgehead atoms. The molecule has 2 N–H and O–H groups in total. The fourth-order valence-corrected chi connectivity index (χ4v) is 1.18. The molecule has 0 aliphatic carbocycles. The monoisotopic (exact) mass is 223 g/mol. The van der Waals surface area contributed by atoms with Crippen molar-refractivity contribution in [3.8, 4) is 5.75 Å². The maximum atomic E-state index is 13.2. The molecule has 1 amide bonds. The average Bonchev–Trinajstić information content (AvgIpc) is 2.15. The first-order valence-electron chi connectivity index (χ1n) is 4.96. The van der Waals surface area contributed by atoms with Gasteiger partial charge < -0.3 is 10.4 Å². The van der Waals surface area contributed by atoms with Crippen LogP contribution in [0.25, 0.3) is 6.08 Å². The lowest BCUT2D eigenvalue weighted by Crippen LogP contribution is -2.28. The third-order valence-corrected chi connectivity index (χ3v) is 1.86. The summed E-state index contributed by atoms with van der Waals surface area (Å²) in [6.07, 6.45) is 2.44. The number of hydrogen-bond donors (Lipinski definition) is 2. The number of phenols is 1. The number of halogens is 1. The Balaban J connectivity index is 2.80. The standard InChI is InChI=1S/C12H14FNO2/c1-8(2)14-12(16)7-6-9-10(13)4-3-5-11(9)15/h3-8,15H,1-2H3,(H,14,16)/b7-6+. The van der Waals surface area contributed by atoms with Gasteiger partial charge in [-0.2, -0.15) is 0 Å². The van der Waals surface area contributed by atoms with Gasteiger partial charge in [0.2, 0.25) is 5.91 Å². The van der Waals surface area contributed by atoms with Crippen molar-refractivity contribution in [1.29, 1.82) is 0 Å². The highest BCUT2D eigenvalue weighted by Gasteiger charge is 2.04. The van der Waals surface area contributed by atoms with Crippen molar-refractivity contribution in [3.05, 3.63) is 35.7 Å². The molecule has 0 radical (unpaired) electrons. The summed E-state index contributed by atoms with van der Waals surface area (Å²) < 4.78 is 13.2. The molecule has 0 spiro atoms. The van der Waals surface area contributed by atoms with E-state index in [-0.39, 0.29) is 23.3 Å². The number of aromatic hydroxyl groups is 1. The van der Waals surface area contributed by atoms with Crippen molar-refractivity contribution in [2.45, 2.75) is 19.9 Å². The largest absolute Gasteiger partial charge is 0.507 e. The number of benzene rings is 1. The zero-order valence-electron chi connectivity index (χ0n) is 9.20. The van der Waals surface area contributed by atoms with Crippen molar-refractivity contribution in [3.63, 3.8) is 0 Å². The first kappa shape index (κ1) is 12.2. The van der Waals surface area contributed by atoms with Gasteiger partial charge in [0.15, 0.2) is 0 Å². The molecular weight excluding hydrogens is 209 g/mol. The van der Waals surface area contributed by atoms with Crippen LogP contribution in [0, 0.1) is 5.82 Å². The lowest BCUT2D eigenvalue weighted by molar-refractivity contribution is -0.116. The second kappa shape index (κ2) is 5.30. The fraction of sp³-hybridized carbons (Fsp3) is 0.250. The summed E-state index contributed by atoms with van der Waals surface area (Å²) in [7, 11) is 0. The van der Waals surface area contributed by atoms with Gasteiger partial charge in [0, 0.05) is 12.1 Å². The first-order chi connectivity index (χ1) is 7.50. The smallest absolute Gasteiger partial charge is 0.244 e. The van der Waals surface area contributed by atoms with Gasteiger partial charge in [-0.15, -0.1) is 0 Å². The Morgan fingerprint density at radius 1 is 1.50 bits per heavy atom. The third-order valence-electron chi connectivity index (χ3n) is 1.86. The van der Waals surface area contributed by atoms with Gasteiger partial charge in [0.05, 0.1) is 5.56 Å². The predicted octanol–water partition coefficient (Wildman–Crippen LogP) is 2.07. The molecule has 0 aliphatic rings. The minimum absolute atomic E-state index is 0.0152. The molecule has 16 heavy (non-hydrogen) atoms. The second-order valence-corrected chi connectivity index (χ2v) is 3.67. The van der Waals surface area contributed by atoms with E-state index in [0.29, 0.717) is 0 Å². The fourth-order valence-electron chi connectivity index (χ4n) is 1.18. The molecule has 1 rings (SSSR count). The van der Waals surface area contributed by atoms with Crippen molar-refractivity contribution >= 4 is 12.0 Å². The van der Waals surface area contributed by atoms with E-state index >= 15 is 0 Å². The van der Waals surface area contributed by atoms with Gasteiger partial charge in [-0.25, -0.2) is 4.39 Å². The third kappa shape index (κ3) is 3.38. The van der Waals surface area contributed by atoms with Crippen molar-refractivity contribution < 1.29 is 14.3 Å². The van der Waals surface area contributed by atoms with Crippen LogP contribution in [-0.4, -0.2) is 17.1 Å². The van der Waals surface area contributed by atoms with Crippen LogP contribution in [-0.2, 0) is 4.79 Å². The van der Waals surface area contributed by atoms with E-state index in [4.69, 9.17) is 0 Å². The Morgan fingerprint density at radius 2 is 2.19 bits per heavy atom. The van der Waals surface area contributed by atoms with Crippen LogP contribution >= 0.6 is 0 Å². The molecule has 1 aromatic carbocycles.